The molecule has 2 aliphatic rings. The fourth-order valence-corrected chi connectivity index (χ4v) is 2.51. The summed E-state index contributed by atoms with van der Waals surface area (Å²) in [5.41, 5.74) is 1.37. The molecule has 0 spiro atoms. The number of carbonyl (C=O) groups excluding carboxylic acids is 1. The molecule has 1 fully saturated rings. The molecular formula is C14H14O2. The maximum atomic E-state index is 11.1. The molecule has 0 amide bonds. The zero-order valence-electron chi connectivity index (χ0n) is 9.00. The van der Waals surface area contributed by atoms with Gasteiger partial charge < -0.3 is 4.74 Å². The summed E-state index contributed by atoms with van der Waals surface area (Å²) in [6.07, 6.45) is 5.57. The molecule has 2 heteroatoms. The van der Waals surface area contributed by atoms with Crippen molar-refractivity contribution in [2.24, 2.45) is 5.92 Å². The summed E-state index contributed by atoms with van der Waals surface area (Å²) in [6, 6.07) is 10.5. The lowest BCUT2D eigenvalue weighted by atomic mass is 10.0. The fraction of sp³-hybridized carbons (Fsp3) is 0.357. The Bertz CT molecular complexity index is 422. The van der Waals surface area contributed by atoms with Crippen LogP contribution in [0.1, 0.15) is 24.3 Å². The van der Waals surface area contributed by atoms with Crippen LogP contribution in [0.5, 0.6) is 0 Å². The first-order valence-electron chi connectivity index (χ1n) is 5.76. The van der Waals surface area contributed by atoms with Gasteiger partial charge in [0.2, 0.25) is 0 Å². The van der Waals surface area contributed by atoms with Crippen LogP contribution in [-0.4, -0.2) is 12.1 Å². The van der Waals surface area contributed by atoms with Crippen LogP contribution >= 0.6 is 0 Å². The number of cyclic esters (lactones) is 1. The molecule has 0 bridgehead atoms. The third-order valence-corrected chi connectivity index (χ3v) is 3.43. The zero-order chi connectivity index (χ0) is 11.0. The number of hydrogen-bond acceptors (Lipinski definition) is 2. The van der Waals surface area contributed by atoms with Gasteiger partial charge in [-0.25, -0.2) is 4.79 Å². The summed E-state index contributed by atoms with van der Waals surface area (Å²) in [4.78, 5) is 11.1. The van der Waals surface area contributed by atoms with Crippen molar-refractivity contribution in [3.63, 3.8) is 0 Å². The van der Waals surface area contributed by atoms with Gasteiger partial charge in [0.1, 0.15) is 6.10 Å². The summed E-state index contributed by atoms with van der Waals surface area (Å²) in [7, 11) is 0. The van der Waals surface area contributed by atoms with Crippen LogP contribution in [0.4, 0.5) is 0 Å². The topological polar surface area (TPSA) is 26.3 Å². The minimum atomic E-state index is -0.185. The van der Waals surface area contributed by atoms with Crippen LogP contribution in [0, 0.1) is 5.92 Å². The molecule has 0 aromatic heterocycles. The molecule has 1 heterocycles. The summed E-state index contributed by atoms with van der Waals surface area (Å²) in [5.74, 6) is 0.928. The van der Waals surface area contributed by atoms with Crippen molar-refractivity contribution < 1.29 is 9.53 Å². The summed E-state index contributed by atoms with van der Waals surface area (Å²) >= 11 is 0. The van der Waals surface area contributed by atoms with Crippen molar-refractivity contribution >= 4 is 5.97 Å². The van der Waals surface area contributed by atoms with Crippen LogP contribution in [0.25, 0.3) is 0 Å². The largest absolute Gasteiger partial charge is 0.459 e. The first-order valence-corrected chi connectivity index (χ1v) is 5.76. The average molecular weight is 214 g/mol. The van der Waals surface area contributed by atoms with E-state index >= 15 is 0 Å². The predicted molar refractivity (Wildman–Crippen MR) is 60.9 cm³/mol. The van der Waals surface area contributed by atoms with E-state index in [1.165, 1.54) is 11.6 Å². The number of esters is 1. The summed E-state index contributed by atoms with van der Waals surface area (Å²) < 4.78 is 5.34. The molecule has 0 unspecified atom stereocenters. The van der Waals surface area contributed by atoms with E-state index in [2.05, 4.69) is 24.3 Å². The minimum Gasteiger partial charge on any atom is -0.459 e. The monoisotopic (exact) mass is 214 g/mol. The second-order valence-corrected chi connectivity index (χ2v) is 4.53. The van der Waals surface area contributed by atoms with Crippen LogP contribution in [-0.2, 0) is 9.53 Å². The molecule has 0 N–H and O–H groups in total. The Morgan fingerprint density at radius 1 is 1.19 bits per heavy atom. The van der Waals surface area contributed by atoms with Gasteiger partial charge in [0.15, 0.2) is 0 Å². The molecule has 16 heavy (non-hydrogen) atoms. The molecule has 0 radical (unpaired) electrons. The average Bonchev–Trinajstić information content (AvgIpc) is 3.10. The summed E-state index contributed by atoms with van der Waals surface area (Å²) in [5, 5.41) is 0. The van der Waals surface area contributed by atoms with Crippen molar-refractivity contribution in [1.29, 1.82) is 0 Å². The number of carbonyl (C=O) groups is 1. The van der Waals surface area contributed by atoms with E-state index in [1.807, 2.05) is 12.1 Å². The standard InChI is InChI=1S/C14H14O2/c15-14-8-4-7-13(16-14)12-9-11(12)10-5-2-1-3-6-10/h1-6,8,11-13H,7,9H2/t11-,12+,13+/m0/s1. The van der Waals surface area contributed by atoms with E-state index in [1.54, 1.807) is 0 Å². The van der Waals surface area contributed by atoms with Gasteiger partial charge in [0.05, 0.1) is 0 Å². The maximum Gasteiger partial charge on any atom is 0.330 e. The van der Waals surface area contributed by atoms with Crippen LogP contribution in [0.3, 0.4) is 0 Å². The predicted octanol–water partition coefficient (Wildman–Crippen LogP) is 2.66. The zero-order valence-corrected chi connectivity index (χ0v) is 9.00. The van der Waals surface area contributed by atoms with E-state index < -0.39 is 0 Å². The molecule has 1 aliphatic heterocycles. The molecule has 2 nitrogen and oxygen atoms in total. The van der Waals surface area contributed by atoms with Gasteiger partial charge in [-0.1, -0.05) is 36.4 Å². The minimum absolute atomic E-state index is 0.0997. The van der Waals surface area contributed by atoms with E-state index in [9.17, 15) is 4.79 Å². The highest BCUT2D eigenvalue weighted by molar-refractivity contribution is 5.82. The van der Waals surface area contributed by atoms with Crippen molar-refractivity contribution in [2.75, 3.05) is 0 Å². The first kappa shape index (κ1) is 9.64. The second-order valence-electron chi connectivity index (χ2n) is 4.53. The van der Waals surface area contributed by atoms with Crippen LogP contribution in [0.15, 0.2) is 42.5 Å². The number of ether oxygens (including phenoxy) is 1. The van der Waals surface area contributed by atoms with Crippen molar-refractivity contribution in [3.8, 4) is 0 Å². The van der Waals surface area contributed by atoms with Crippen LogP contribution < -0.4 is 0 Å². The SMILES string of the molecule is O=C1C=CC[C@H]([C@@H]2C[C@H]2c2ccccc2)O1. The summed E-state index contributed by atoms with van der Waals surface area (Å²) in [6.45, 7) is 0. The molecule has 1 saturated carbocycles. The number of benzene rings is 1. The van der Waals surface area contributed by atoms with Gasteiger partial charge in [-0.15, -0.1) is 0 Å². The molecule has 0 saturated heterocycles. The van der Waals surface area contributed by atoms with Gasteiger partial charge in [-0.2, -0.15) is 0 Å². The van der Waals surface area contributed by atoms with Crippen molar-refractivity contribution in [1.82, 2.24) is 0 Å². The normalized spacial score (nSPS) is 32.2. The first-order chi connectivity index (χ1) is 7.84. The van der Waals surface area contributed by atoms with Gasteiger partial charge in [-0.3, -0.25) is 0 Å². The third kappa shape index (κ3) is 1.75. The van der Waals surface area contributed by atoms with E-state index in [0.717, 1.165) is 12.8 Å². The lowest BCUT2D eigenvalue weighted by Crippen LogP contribution is -2.22. The highest BCUT2D eigenvalue weighted by Gasteiger charge is 2.45. The van der Waals surface area contributed by atoms with Crippen molar-refractivity contribution in [2.45, 2.75) is 24.9 Å². The maximum absolute atomic E-state index is 11.1. The van der Waals surface area contributed by atoms with Gasteiger partial charge in [0, 0.05) is 18.4 Å². The van der Waals surface area contributed by atoms with Crippen molar-refractivity contribution in [3.05, 3.63) is 48.0 Å². The Hall–Kier alpha value is -1.57. The van der Waals surface area contributed by atoms with Gasteiger partial charge in [-0.05, 0) is 17.9 Å². The Kier molecular flexibility index (Phi) is 2.28. The lowest BCUT2D eigenvalue weighted by molar-refractivity contribution is -0.145. The Balaban J connectivity index is 1.68. The Labute approximate surface area is 94.9 Å². The molecule has 82 valence electrons. The quantitative estimate of drug-likeness (QED) is 0.707. The third-order valence-electron chi connectivity index (χ3n) is 3.43. The number of rotatable bonds is 2. The van der Waals surface area contributed by atoms with E-state index in [4.69, 9.17) is 4.74 Å². The molecular weight excluding hydrogens is 200 g/mol. The van der Waals surface area contributed by atoms with Crippen LogP contribution in [0.2, 0.25) is 0 Å². The highest BCUT2D eigenvalue weighted by Crippen LogP contribution is 2.51. The Morgan fingerprint density at radius 2 is 2.00 bits per heavy atom. The molecule has 1 aromatic carbocycles. The van der Waals surface area contributed by atoms with Gasteiger partial charge in [0.25, 0.3) is 0 Å². The molecule has 1 aliphatic carbocycles. The molecule has 1 aromatic rings. The molecule has 3 rings (SSSR count). The van der Waals surface area contributed by atoms with E-state index in [-0.39, 0.29) is 12.1 Å². The van der Waals surface area contributed by atoms with Gasteiger partial charge >= 0.3 is 5.97 Å². The highest BCUT2D eigenvalue weighted by atomic mass is 16.5. The fourth-order valence-electron chi connectivity index (χ4n) is 2.51. The smallest absolute Gasteiger partial charge is 0.330 e. The van der Waals surface area contributed by atoms with E-state index in [0.29, 0.717) is 11.8 Å². The Morgan fingerprint density at radius 3 is 2.75 bits per heavy atom. The lowest BCUT2D eigenvalue weighted by Gasteiger charge is -2.18. The number of hydrogen-bond donors (Lipinski definition) is 0. The second kappa shape index (κ2) is 3.78. The molecule has 3 atom stereocenters.